The summed E-state index contributed by atoms with van der Waals surface area (Å²) in [6, 6.07) is 8.60. The number of hydrogen-bond acceptors (Lipinski definition) is 6. The van der Waals surface area contributed by atoms with Crippen molar-refractivity contribution in [1.82, 2.24) is 10.2 Å². The van der Waals surface area contributed by atoms with Crippen LogP contribution < -0.4 is 10.6 Å². The lowest BCUT2D eigenvalue weighted by Crippen LogP contribution is -2.30. The molecule has 0 fully saturated rings. The van der Waals surface area contributed by atoms with E-state index in [0.717, 1.165) is 0 Å². The van der Waals surface area contributed by atoms with Crippen LogP contribution in [0.4, 0.5) is 11.4 Å². The Morgan fingerprint density at radius 2 is 2.04 bits per heavy atom. The van der Waals surface area contributed by atoms with Gasteiger partial charge in [0.1, 0.15) is 5.69 Å². The second-order valence-electron chi connectivity index (χ2n) is 6.49. The summed E-state index contributed by atoms with van der Waals surface area (Å²) in [6.07, 6.45) is 0. The molecule has 1 aromatic carbocycles. The van der Waals surface area contributed by atoms with E-state index in [1.54, 1.807) is 23.5 Å². The van der Waals surface area contributed by atoms with Crippen LogP contribution in [0.5, 0.6) is 0 Å². The van der Waals surface area contributed by atoms with Crippen LogP contribution in [-0.2, 0) is 0 Å². The van der Waals surface area contributed by atoms with Gasteiger partial charge in [0, 0.05) is 29.1 Å². The Kier molecular flexibility index (Phi) is 6.70. The SMILES string of the molecule is CC(C)NC(=O)c1ccc(NCC(c2cccs2)N(C)C)c([N+](=O)[O-])c1. The third-order valence-corrected chi connectivity index (χ3v) is 4.83. The van der Waals surface area contributed by atoms with E-state index in [0.29, 0.717) is 12.2 Å². The molecule has 1 atom stereocenters. The summed E-state index contributed by atoms with van der Waals surface area (Å²) in [4.78, 5) is 26.3. The second kappa shape index (κ2) is 8.77. The number of carbonyl (C=O) groups is 1. The van der Waals surface area contributed by atoms with Gasteiger partial charge < -0.3 is 15.5 Å². The van der Waals surface area contributed by atoms with Crippen molar-refractivity contribution in [2.24, 2.45) is 0 Å². The molecule has 8 heteroatoms. The van der Waals surface area contributed by atoms with E-state index in [9.17, 15) is 14.9 Å². The first kappa shape index (κ1) is 19.9. The molecule has 2 rings (SSSR count). The average molecular weight is 376 g/mol. The second-order valence-corrected chi connectivity index (χ2v) is 7.47. The number of nitrogens with one attached hydrogen (secondary N) is 2. The number of nitro benzene ring substituents is 1. The fourth-order valence-corrected chi connectivity index (χ4v) is 3.47. The minimum Gasteiger partial charge on any atom is -0.378 e. The summed E-state index contributed by atoms with van der Waals surface area (Å²) in [6.45, 7) is 4.20. The number of nitrogens with zero attached hydrogens (tertiary/aromatic N) is 2. The van der Waals surface area contributed by atoms with Gasteiger partial charge in [-0.25, -0.2) is 0 Å². The molecule has 7 nitrogen and oxygen atoms in total. The summed E-state index contributed by atoms with van der Waals surface area (Å²) in [5, 5.41) is 19.4. The van der Waals surface area contributed by atoms with Gasteiger partial charge >= 0.3 is 0 Å². The molecule has 0 aliphatic heterocycles. The van der Waals surface area contributed by atoms with E-state index in [4.69, 9.17) is 0 Å². The van der Waals surface area contributed by atoms with Crippen LogP contribution >= 0.6 is 11.3 Å². The van der Waals surface area contributed by atoms with E-state index < -0.39 is 4.92 Å². The van der Waals surface area contributed by atoms with Crippen molar-refractivity contribution in [3.63, 3.8) is 0 Å². The number of benzene rings is 1. The first-order valence-corrected chi connectivity index (χ1v) is 9.20. The molecular weight excluding hydrogens is 352 g/mol. The molecule has 0 bridgehead atoms. The van der Waals surface area contributed by atoms with Gasteiger partial charge in [0.2, 0.25) is 0 Å². The Morgan fingerprint density at radius 1 is 1.31 bits per heavy atom. The van der Waals surface area contributed by atoms with E-state index in [1.165, 1.54) is 10.9 Å². The number of thiophene rings is 1. The summed E-state index contributed by atoms with van der Waals surface area (Å²) < 4.78 is 0. The van der Waals surface area contributed by atoms with E-state index in [2.05, 4.69) is 15.5 Å². The van der Waals surface area contributed by atoms with Crippen molar-refractivity contribution in [2.75, 3.05) is 26.0 Å². The van der Waals surface area contributed by atoms with E-state index >= 15 is 0 Å². The molecule has 26 heavy (non-hydrogen) atoms. The van der Waals surface area contributed by atoms with Crippen LogP contribution in [-0.4, -0.2) is 42.4 Å². The van der Waals surface area contributed by atoms with Crippen LogP contribution in [0.3, 0.4) is 0 Å². The van der Waals surface area contributed by atoms with Gasteiger partial charge in [0.05, 0.1) is 11.0 Å². The first-order chi connectivity index (χ1) is 12.3. The lowest BCUT2D eigenvalue weighted by atomic mass is 10.1. The Hall–Kier alpha value is -2.45. The van der Waals surface area contributed by atoms with Crippen molar-refractivity contribution in [1.29, 1.82) is 0 Å². The topological polar surface area (TPSA) is 87.5 Å². The maximum Gasteiger partial charge on any atom is 0.293 e. The van der Waals surface area contributed by atoms with Crippen LogP contribution in [0.25, 0.3) is 0 Å². The number of nitro groups is 1. The van der Waals surface area contributed by atoms with Gasteiger partial charge in [0.25, 0.3) is 11.6 Å². The predicted octanol–water partition coefficient (Wildman–Crippen LogP) is 3.51. The summed E-state index contributed by atoms with van der Waals surface area (Å²) in [5.74, 6) is -0.320. The van der Waals surface area contributed by atoms with Crippen LogP contribution in [0, 0.1) is 10.1 Å². The minimum absolute atomic E-state index is 0.0361. The van der Waals surface area contributed by atoms with Crippen molar-refractivity contribution in [3.05, 3.63) is 56.3 Å². The van der Waals surface area contributed by atoms with Gasteiger partial charge in [-0.15, -0.1) is 11.3 Å². The van der Waals surface area contributed by atoms with Crippen molar-refractivity contribution in [3.8, 4) is 0 Å². The standard InChI is InChI=1S/C18H24N4O3S/c1-12(2)20-18(23)13-7-8-14(15(10-13)22(24)25)19-11-16(21(3)4)17-6-5-9-26-17/h5-10,12,16,19H,11H2,1-4H3,(H,20,23). The fourth-order valence-electron chi connectivity index (χ4n) is 2.54. The van der Waals surface area contributed by atoms with Crippen LogP contribution in [0.15, 0.2) is 35.7 Å². The molecule has 1 unspecified atom stereocenters. The Bertz CT molecular complexity index is 760. The van der Waals surface area contributed by atoms with Crippen molar-refractivity contribution in [2.45, 2.75) is 25.9 Å². The normalized spacial score (nSPS) is 12.2. The Balaban J connectivity index is 2.20. The van der Waals surface area contributed by atoms with Crippen molar-refractivity contribution >= 4 is 28.6 Å². The average Bonchev–Trinajstić information content (AvgIpc) is 3.08. The maximum absolute atomic E-state index is 12.1. The van der Waals surface area contributed by atoms with Gasteiger partial charge in [-0.3, -0.25) is 14.9 Å². The fraction of sp³-hybridized carbons (Fsp3) is 0.389. The number of carbonyl (C=O) groups excluding carboxylic acids is 1. The molecular formula is C18H24N4O3S. The smallest absolute Gasteiger partial charge is 0.293 e. The molecule has 140 valence electrons. The molecule has 0 radical (unpaired) electrons. The number of likely N-dealkylation sites (N-methyl/N-ethyl adjacent to an activating group) is 1. The molecule has 0 aliphatic carbocycles. The molecule has 0 saturated heterocycles. The van der Waals surface area contributed by atoms with Gasteiger partial charge in [-0.2, -0.15) is 0 Å². The first-order valence-electron chi connectivity index (χ1n) is 8.32. The van der Waals surface area contributed by atoms with Crippen molar-refractivity contribution < 1.29 is 9.72 Å². The number of amides is 1. The molecule has 0 saturated carbocycles. The van der Waals surface area contributed by atoms with Gasteiger partial charge in [-0.1, -0.05) is 6.07 Å². The van der Waals surface area contributed by atoms with Crippen LogP contribution in [0.1, 0.15) is 35.1 Å². The van der Waals surface area contributed by atoms with Gasteiger partial charge in [0.15, 0.2) is 0 Å². The van der Waals surface area contributed by atoms with Gasteiger partial charge in [-0.05, 0) is 51.5 Å². The minimum atomic E-state index is -0.468. The molecule has 1 heterocycles. The molecule has 2 N–H and O–H groups in total. The highest BCUT2D eigenvalue weighted by Crippen LogP contribution is 2.28. The number of hydrogen-bond donors (Lipinski definition) is 2. The third kappa shape index (κ3) is 5.03. The Labute approximate surface area is 157 Å². The van der Waals surface area contributed by atoms with E-state index in [1.807, 2.05) is 45.5 Å². The third-order valence-electron chi connectivity index (χ3n) is 3.86. The zero-order chi connectivity index (χ0) is 19.3. The summed E-state index contributed by atoms with van der Waals surface area (Å²) in [5.41, 5.74) is 0.572. The highest BCUT2D eigenvalue weighted by molar-refractivity contribution is 7.10. The van der Waals surface area contributed by atoms with Crippen LogP contribution in [0.2, 0.25) is 0 Å². The summed E-state index contributed by atoms with van der Waals surface area (Å²) in [7, 11) is 3.94. The largest absolute Gasteiger partial charge is 0.378 e. The number of anilines is 1. The molecule has 0 aliphatic rings. The quantitative estimate of drug-likeness (QED) is 0.544. The Morgan fingerprint density at radius 3 is 2.58 bits per heavy atom. The maximum atomic E-state index is 12.1. The highest BCUT2D eigenvalue weighted by atomic mass is 32.1. The molecule has 1 aromatic heterocycles. The van der Waals surface area contributed by atoms with E-state index in [-0.39, 0.29) is 29.2 Å². The zero-order valence-electron chi connectivity index (χ0n) is 15.4. The zero-order valence-corrected chi connectivity index (χ0v) is 16.2. The lowest BCUT2D eigenvalue weighted by Gasteiger charge is -2.24. The number of rotatable bonds is 8. The molecule has 2 aromatic rings. The summed E-state index contributed by atoms with van der Waals surface area (Å²) >= 11 is 1.65. The highest BCUT2D eigenvalue weighted by Gasteiger charge is 2.20. The molecule has 1 amide bonds. The predicted molar refractivity (Wildman–Crippen MR) is 105 cm³/mol. The molecule has 0 spiro atoms. The monoisotopic (exact) mass is 376 g/mol. The lowest BCUT2D eigenvalue weighted by molar-refractivity contribution is -0.384.